The Morgan fingerprint density at radius 3 is 2.86 bits per heavy atom. The van der Waals surface area contributed by atoms with Crippen molar-refractivity contribution in [3.8, 4) is 6.01 Å². The molecule has 1 radical (unpaired) electrons. The van der Waals surface area contributed by atoms with Crippen LogP contribution < -0.4 is 4.74 Å². The van der Waals surface area contributed by atoms with Gasteiger partial charge in [-0.25, -0.2) is 5.10 Å². The Morgan fingerprint density at radius 1 is 1.71 bits per heavy atom. The number of H-pyrrole nitrogens is 1. The topological polar surface area (TPSA) is 63.7 Å². The van der Waals surface area contributed by atoms with E-state index in [1.165, 1.54) is 0 Å². The summed E-state index contributed by atoms with van der Waals surface area (Å²) in [7, 11) is 3.05. The molecule has 0 fully saturated rings. The summed E-state index contributed by atoms with van der Waals surface area (Å²) in [6, 6.07) is 0.222. The molecule has 1 aromatic heterocycles. The second-order valence-electron chi connectivity index (χ2n) is 0.851. The molecule has 0 amide bonds. The molecule has 0 aromatic carbocycles. The van der Waals surface area contributed by atoms with E-state index in [1.54, 1.807) is 0 Å². The van der Waals surface area contributed by atoms with Crippen LogP contribution in [0.1, 0.15) is 0 Å². The molecule has 1 N–H and O–H groups in total. The Labute approximate surface area is 39.7 Å². The monoisotopic (exact) mass is 99.0 g/mol. The fraction of sp³-hybridized carbons (Fsp3) is 0. The molecule has 0 aliphatic carbocycles. The third-order valence-corrected chi connectivity index (χ3v) is 0.463. The number of nitrogens with one attached hydrogen (secondary N) is 1. The summed E-state index contributed by atoms with van der Waals surface area (Å²) in [5.74, 6) is 0. The molecule has 1 heterocycles. The van der Waals surface area contributed by atoms with Gasteiger partial charge in [-0.15, -0.1) is 0 Å². The molecule has 7 heavy (non-hydrogen) atoms. The number of aromatic nitrogens is 4. The minimum absolute atomic E-state index is 0.222. The van der Waals surface area contributed by atoms with Crippen molar-refractivity contribution in [1.82, 2.24) is 20.6 Å². The first-order valence-corrected chi connectivity index (χ1v) is 1.59. The normalized spacial score (nSPS) is 8.71. The van der Waals surface area contributed by atoms with Crippen molar-refractivity contribution in [2.24, 2.45) is 0 Å². The minimum atomic E-state index is 0.222. The van der Waals surface area contributed by atoms with E-state index < -0.39 is 0 Å². The minimum Gasteiger partial charge on any atom is -0.459 e. The van der Waals surface area contributed by atoms with Crippen LogP contribution in [-0.4, -0.2) is 20.6 Å². The number of nitrogens with zero attached hydrogens (tertiary/aromatic N) is 3. The average molecular weight is 99.1 g/mol. The molecule has 1 aromatic rings. The van der Waals surface area contributed by atoms with Gasteiger partial charge in [-0.1, -0.05) is 5.10 Å². The van der Waals surface area contributed by atoms with Crippen molar-refractivity contribution in [2.75, 3.05) is 0 Å². The number of hydrogen-bond acceptors (Lipinski definition) is 4. The third kappa shape index (κ3) is 0.648. The van der Waals surface area contributed by atoms with Gasteiger partial charge >= 0.3 is 6.01 Å². The number of hydrogen-bond donors (Lipinski definition) is 1. The predicted octanol–water partition coefficient (Wildman–Crippen LogP) is -0.630. The molecule has 5 heteroatoms. The second kappa shape index (κ2) is 1.55. The molecular weight excluding hydrogens is 96.0 g/mol. The lowest BCUT2D eigenvalue weighted by Gasteiger charge is -1.81. The largest absolute Gasteiger partial charge is 0.459 e. The highest BCUT2D eigenvalue weighted by atomic mass is 16.5. The van der Waals surface area contributed by atoms with Gasteiger partial charge in [-0.05, 0) is 10.4 Å². The Balaban J connectivity index is 2.76. The molecule has 0 saturated heterocycles. The zero-order valence-electron chi connectivity index (χ0n) is 3.46. The van der Waals surface area contributed by atoms with Crippen molar-refractivity contribution in [2.45, 2.75) is 0 Å². The lowest BCUT2D eigenvalue weighted by Crippen LogP contribution is -1.79. The van der Waals surface area contributed by atoms with Gasteiger partial charge in [0.2, 0.25) is 0 Å². The van der Waals surface area contributed by atoms with Crippen LogP contribution in [-0.2, 0) is 0 Å². The van der Waals surface area contributed by atoms with E-state index >= 15 is 0 Å². The van der Waals surface area contributed by atoms with Gasteiger partial charge in [0.15, 0.2) is 0 Å². The fourth-order valence-corrected chi connectivity index (χ4v) is 0.212. The standard InChI is InChI=1S/C2H3N4O/c1-7-2-3-5-6-4-2/h1H2,(H,3,4,5,6). The van der Waals surface area contributed by atoms with Crippen molar-refractivity contribution < 1.29 is 4.74 Å². The molecule has 37 valence electrons. The maximum atomic E-state index is 4.31. The molecule has 1 rings (SSSR count). The summed E-state index contributed by atoms with van der Waals surface area (Å²) in [5.41, 5.74) is 0. The average Bonchev–Trinajstić information content (AvgIpc) is 2.14. The van der Waals surface area contributed by atoms with E-state index in [1.807, 2.05) is 0 Å². The van der Waals surface area contributed by atoms with E-state index in [4.69, 9.17) is 0 Å². The Bertz CT molecular complexity index is 124. The van der Waals surface area contributed by atoms with E-state index in [-0.39, 0.29) is 6.01 Å². The first kappa shape index (κ1) is 4.04. The van der Waals surface area contributed by atoms with Crippen molar-refractivity contribution in [3.63, 3.8) is 0 Å². The molecule has 0 aliphatic rings. The summed E-state index contributed by atoms with van der Waals surface area (Å²) in [6.07, 6.45) is 0. The Hall–Kier alpha value is -1.13. The molecule has 0 aliphatic heterocycles. The number of tetrazole rings is 1. The van der Waals surface area contributed by atoms with Crippen LogP contribution in [0.2, 0.25) is 0 Å². The maximum absolute atomic E-state index is 4.31. The summed E-state index contributed by atoms with van der Waals surface area (Å²) in [6.45, 7) is 0. The van der Waals surface area contributed by atoms with Gasteiger partial charge in [0, 0.05) is 0 Å². The van der Waals surface area contributed by atoms with Gasteiger partial charge in [-0.2, -0.15) is 0 Å². The lowest BCUT2D eigenvalue weighted by molar-refractivity contribution is 0.433. The van der Waals surface area contributed by atoms with E-state index in [2.05, 4.69) is 32.5 Å². The summed E-state index contributed by atoms with van der Waals surface area (Å²) < 4.78 is 4.31. The predicted molar refractivity (Wildman–Crippen MR) is 20.2 cm³/mol. The third-order valence-electron chi connectivity index (χ3n) is 0.463. The lowest BCUT2D eigenvalue weighted by atomic mass is 11.2. The highest BCUT2D eigenvalue weighted by Gasteiger charge is 1.87. The van der Waals surface area contributed by atoms with Crippen LogP contribution in [0.15, 0.2) is 0 Å². The highest BCUT2D eigenvalue weighted by molar-refractivity contribution is 4.79. The zero-order chi connectivity index (χ0) is 5.11. The van der Waals surface area contributed by atoms with Crippen LogP contribution in [0, 0.1) is 7.11 Å². The molecule has 0 bridgehead atoms. The first-order valence-electron chi connectivity index (χ1n) is 1.59. The van der Waals surface area contributed by atoms with Gasteiger partial charge < -0.3 is 4.74 Å². The second-order valence-corrected chi connectivity index (χ2v) is 0.851. The van der Waals surface area contributed by atoms with Crippen molar-refractivity contribution >= 4 is 0 Å². The summed E-state index contributed by atoms with van der Waals surface area (Å²) >= 11 is 0. The Kier molecular flexibility index (Phi) is 0.892. The molecular formula is C2H3N4O. The fourth-order valence-electron chi connectivity index (χ4n) is 0.212. The van der Waals surface area contributed by atoms with Crippen LogP contribution in [0.25, 0.3) is 0 Å². The number of rotatable bonds is 1. The van der Waals surface area contributed by atoms with Gasteiger partial charge in [0.25, 0.3) is 0 Å². The molecule has 0 spiro atoms. The number of aromatic amines is 1. The van der Waals surface area contributed by atoms with E-state index in [9.17, 15) is 0 Å². The maximum Gasteiger partial charge on any atom is 0.332 e. The van der Waals surface area contributed by atoms with Crippen LogP contribution >= 0.6 is 0 Å². The first-order chi connectivity index (χ1) is 3.43. The zero-order valence-corrected chi connectivity index (χ0v) is 3.46. The van der Waals surface area contributed by atoms with Crippen LogP contribution in [0.5, 0.6) is 6.01 Å². The van der Waals surface area contributed by atoms with Gasteiger partial charge in [-0.3, -0.25) is 0 Å². The SMILES string of the molecule is [CH2]Oc1nnn[nH]1. The molecule has 0 saturated carbocycles. The molecule has 5 nitrogen and oxygen atoms in total. The van der Waals surface area contributed by atoms with Gasteiger partial charge in [0.1, 0.15) is 7.11 Å². The van der Waals surface area contributed by atoms with Crippen LogP contribution in [0.4, 0.5) is 0 Å². The summed E-state index contributed by atoms with van der Waals surface area (Å²) in [4.78, 5) is 0. The van der Waals surface area contributed by atoms with Crippen molar-refractivity contribution in [1.29, 1.82) is 0 Å². The summed E-state index contributed by atoms with van der Waals surface area (Å²) in [5, 5.41) is 12.1. The van der Waals surface area contributed by atoms with Gasteiger partial charge in [0.05, 0.1) is 0 Å². The molecule has 0 unspecified atom stereocenters. The Morgan fingerprint density at radius 2 is 2.57 bits per heavy atom. The quantitative estimate of drug-likeness (QED) is 0.509. The van der Waals surface area contributed by atoms with Crippen LogP contribution in [0.3, 0.4) is 0 Å². The smallest absolute Gasteiger partial charge is 0.332 e. The van der Waals surface area contributed by atoms with Crippen molar-refractivity contribution in [3.05, 3.63) is 7.11 Å². The highest BCUT2D eigenvalue weighted by Crippen LogP contribution is 1.89. The molecule has 0 atom stereocenters. The van der Waals surface area contributed by atoms with E-state index in [0.717, 1.165) is 0 Å². The van der Waals surface area contributed by atoms with E-state index in [0.29, 0.717) is 0 Å². The number of ether oxygens (including phenoxy) is 1.